The van der Waals surface area contributed by atoms with Crippen LogP contribution in [0.5, 0.6) is 0 Å². The van der Waals surface area contributed by atoms with Crippen molar-refractivity contribution in [2.75, 3.05) is 19.6 Å². The second-order valence-corrected chi connectivity index (χ2v) is 8.11. The van der Waals surface area contributed by atoms with Gasteiger partial charge in [-0.05, 0) is 39.2 Å². The Labute approximate surface area is 161 Å². The zero-order chi connectivity index (χ0) is 19.6. The quantitative estimate of drug-likeness (QED) is 0.828. The molecule has 7 nitrogen and oxygen atoms in total. The van der Waals surface area contributed by atoms with Crippen LogP contribution in [0.4, 0.5) is 4.79 Å². The predicted octanol–water partition coefficient (Wildman–Crippen LogP) is 2.96. The molecule has 1 N–H and O–H groups in total. The van der Waals surface area contributed by atoms with Gasteiger partial charge in [0.25, 0.3) is 0 Å². The molecule has 7 heteroatoms. The summed E-state index contributed by atoms with van der Waals surface area (Å²) in [6.07, 6.45) is 4.51. The van der Waals surface area contributed by atoms with Gasteiger partial charge >= 0.3 is 6.09 Å². The van der Waals surface area contributed by atoms with Crippen molar-refractivity contribution in [3.8, 4) is 0 Å². The summed E-state index contributed by atoms with van der Waals surface area (Å²) in [4.78, 5) is 28.7. The number of amides is 2. The van der Waals surface area contributed by atoms with Crippen molar-refractivity contribution < 1.29 is 14.3 Å². The fraction of sp³-hybridized carbons (Fsp3) is 0.750. The van der Waals surface area contributed by atoms with E-state index in [1.54, 1.807) is 0 Å². The van der Waals surface area contributed by atoms with Gasteiger partial charge in [0.2, 0.25) is 5.91 Å². The van der Waals surface area contributed by atoms with Crippen molar-refractivity contribution in [2.45, 2.75) is 77.9 Å². The third-order valence-corrected chi connectivity index (χ3v) is 6.13. The summed E-state index contributed by atoms with van der Waals surface area (Å²) in [6.45, 7) is 10.1. The van der Waals surface area contributed by atoms with E-state index in [2.05, 4.69) is 24.0 Å². The third kappa shape index (κ3) is 4.12. The molecule has 1 aromatic rings. The van der Waals surface area contributed by atoms with Crippen molar-refractivity contribution in [3.05, 3.63) is 17.0 Å². The summed E-state index contributed by atoms with van der Waals surface area (Å²) in [6, 6.07) is 0.211. The van der Waals surface area contributed by atoms with E-state index in [-0.39, 0.29) is 18.0 Å². The van der Waals surface area contributed by atoms with Gasteiger partial charge in [-0.1, -0.05) is 13.3 Å². The average molecular weight is 377 g/mol. The molecular formula is C20H32N4O3. The fourth-order valence-electron chi connectivity index (χ4n) is 4.32. The molecule has 0 aliphatic carbocycles. The van der Waals surface area contributed by atoms with Crippen LogP contribution < -0.4 is 0 Å². The maximum Gasteiger partial charge on any atom is 0.410 e. The smallest absolute Gasteiger partial charge is 0.410 e. The van der Waals surface area contributed by atoms with Gasteiger partial charge in [-0.25, -0.2) is 4.79 Å². The minimum absolute atomic E-state index is 0.172. The number of nitrogens with zero attached hydrogens (tertiary/aromatic N) is 3. The largest absolute Gasteiger partial charge is 0.441 e. The van der Waals surface area contributed by atoms with Crippen molar-refractivity contribution >= 4 is 12.0 Å². The molecule has 2 aliphatic rings. The summed E-state index contributed by atoms with van der Waals surface area (Å²) in [7, 11) is 0. The van der Waals surface area contributed by atoms with Crippen LogP contribution in [-0.2, 0) is 16.0 Å². The van der Waals surface area contributed by atoms with Crippen LogP contribution in [-0.4, -0.2) is 63.3 Å². The van der Waals surface area contributed by atoms with E-state index in [4.69, 9.17) is 4.74 Å². The molecule has 1 atom stereocenters. The number of rotatable bonds is 6. The highest BCUT2D eigenvalue weighted by Crippen LogP contribution is 2.35. The van der Waals surface area contributed by atoms with E-state index in [9.17, 15) is 9.59 Å². The lowest BCUT2D eigenvalue weighted by molar-refractivity contribution is -0.134. The number of hydrogen-bond donors (Lipinski definition) is 1. The van der Waals surface area contributed by atoms with Crippen molar-refractivity contribution in [2.24, 2.45) is 0 Å². The molecule has 0 radical (unpaired) electrons. The molecule has 3 rings (SSSR count). The number of piperidine rings is 1. The number of aryl methyl sites for hydroxylation is 2. The minimum atomic E-state index is -0.409. The number of aromatic nitrogens is 2. The second-order valence-electron chi connectivity index (χ2n) is 8.11. The van der Waals surface area contributed by atoms with E-state index in [0.29, 0.717) is 32.5 Å². The Morgan fingerprint density at radius 2 is 2.04 bits per heavy atom. The number of aromatic amines is 1. The van der Waals surface area contributed by atoms with Gasteiger partial charge in [-0.15, -0.1) is 0 Å². The molecule has 150 valence electrons. The first-order valence-electron chi connectivity index (χ1n) is 10.1. The number of ether oxygens (including phenoxy) is 1. The van der Waals surface area contributed by atoms with E-state index < -0.39 is 5.60 Å². The van der Waals surface area contributed by atoms with Crippen molar-refractivity contribution in [3.63, 3.8) is 0 Å². The van der Waals surface area contributed by atoms with Gasteiger partial charge in [-0.2, -0.15) is 5.10 Å². The van der Waals surface area contributed by atoms with Crippen LogP contribution in [0.2, 0.25) is 0 Å². The minimum Gasteiger partial charge on any atom is -0.441 e. The summed E-state index contributed by atoms with van der Waals surface area (Å²) < 4.78 is 5.78. The number of H-pyrrole nitrogens is 1. The Bertz CT molecular complexity index is 672. The summed E-state index contributed by atoms with van der Waals surface area (Å²) >= 11 is 0. The predicted molar refractivity (Wildman–Crippen MR) is 102 cm³/mol. The molecule has 2 fully saturated rings. The van der Waals surface area contributed by atoms with Crippen LogP contribution in [0.1, 0.15) is 62.9 Å². The lowest BCUT2D eigenvalue weighted by Crippen LogP contribution is -2.49. The maximum atomic E-state index is 12.6. The highest BCUT2D eigenvalue weighted by Gasteiger charge is 2.48. The van der Waals surface area contributed by atoms with Gasteiger partial charge in [0, 0.05) is 44.1 Å². The normalized spacial score (nSPS) is 20.2. The molecule has 0 bridgehead atoms. The van der Waals surface area contributed by atoms with Gasteiger partial charge in [-0.3, -0.25) is 9.89 Å². The molecule has 2 saturated heterocycles. The van der Waals surface area contributed by atoms with Crippen LogP contribution in [0.3, 0.4) is 0 Å². The average Bonchev–Trinajstić information content (AvgIpc) is 3.13. The standard InChI is InChI=1S/C20H32N4O3/c1-5-6-14(2)24-13-20(27-19(24)26)9-11-23(12-10-20)18(25)8-7-17-15(3)21-22-16(17)4/h14H,5-13H2,1-4H3,(H,21,22)/t14-/m0/s1. The zero-order valence-electron chi connectivity index (χ0n) is 17.0. The van der Waals surface area contributed by atoms with Crippen molar-refractivity contribution in [1.82, 2.24) is 20.0 Å². The van der Waals surface area contributed by atoms with Crippen molar-refractivity contribution in [1.29, 1.82) is 0 Å². The summed E-state index contributed by atoms with van der Waals surface area (Å²) in [5.41, 5.74) is 2.74. The molecule has 1 spiro atoms. The first-order valence-corrected chi connectivity index (χ1v) is 10.1. The first kappa shape index (κ1) is 19.7. The molecule has 2 aliphatic heterocycles. The fourth-order valence-corrected chi connectivity index (χ4v) is 4.32. The lowest BCUT2D eigenvalue weighted by Gasteiger charge is -2.37. The SMILES string of the molecule is CCC[C@H](C)N1CC2(CCN(C(=O)CCc3c(C)n[nH]c3C)CC2)OC1=O. The van der Waals surface area contributed by atoms with Crippen LogP contribution in [0.25, 0.3) is 0 Å². The second kappa shape index (κ2) is 7.90. The maximum absolute atomic E-state index is 12.6. The van der Waals surface area contributed by atoms with Gasteiger partial charge in [0.1, 0.15) is 5.60 Å². The van der Waals surface area contributed by atoms with Gasteiger partial charge in [0.05, 0.1) is 12.2 Å². The third-order valence-electron chi connectivity index (χ3n) is 6.13. The summed E-state index contributed by atoms with van der Waals surface area (Å²) in [5.74, 6) is 0.172. The number of nitrogens with one attached hydrogen (secondary N) is 1. The molecule has 27 heavy (non-hydrogen) atoms. The first-order chi connectivity index (χ1) is 12.8. The Morgan fingerprint density at radius 3 is 2.63 bits per heavy atom. The topological polar surface area (TPSA) is 78.5 Å². The summed E-state index contributed by atoms with van der Waals surface area (Å²) in [5, 5.41) is 7.16. The van der Waals surface area contributed by atoms with E-state index in [0.717, 1.165) is 42.6 Å². The van der Waals surface area contributed by atoms with Crippen LogP contribution in [0, 0.1) is 13.8 Å². The van der Waals surface area contributed by atoms with E-state index >= 15 is 0 Å². The number of likely N-dealkylation sites (tertiary alicyclic amines) is 1. The highest BCUT2D eigenvalue weighted by atomic mass is 16.6. The molecule has 3 heterocycles. The molecule has 0 aromatic carbocycles. The molecule has 0 unspecified atom stereocenters. The van der Waals surface area contributed by atoms with E-state index in [1.807, 2.05) is 23.6 Å². The Balaban J connectivity index is 1.51. The lowest BCUT2D eigenvalue weighted by atomic mass is 9.90. The Hall–Kier alpha value is -2.05. The van der Waals surface area contributed by atoms with Crippen LogP contribution >= 0.6 is 0 Å². The number of hydrogen-bond acceptors (Lipinski definition) is 4. The zero-order valence-corrected chi connectivity index (χ0v) is 17.0. The molecule has 2 amide bonds. The van der Waals surface area contributed by atoms with E-state index in [1.165, 1.54) is 0 Å². The van der Waals surface area contributed by atoms with Gasteiger partial charge < -0.3 is 14.5 Å². The highest BCUT2D eigenvalue weighted by molar-refractivity contribution is 5.77. The Morgan fingerprint density at radius 1 is 1.33 bits per heavy atom. The molecule has 1 aromatic heterocycles. The Kier molecular flexibility index (Phi) is 5.77. The van der Waals surface area contributed by atoms with Gasteiger partial charge in [0.15, 0.2) is 0 Å². The number of carbonyl (C=O) groups excluding carboxylic acids is 2. The molecule has 0 saturated carbocycles. The monoisotopic (exact) mass is 376 g/mol. The van der Waals surface area contributed by atoms with Crippen LogP contribution in [0.15, 0.2) is 0 Å². The number of carbonyl (C=O) groups is 2. The molecular weight excluding hydrogens is 344 g/mol.